The van der Waals surface area contributed by atoms with Crippen LogP contribution in [0.1, 0.15) is 27.1 Å². The fourth-order valence-electron chi connectivity index (χ4n) is 3.81. The molecule has 1 saturated heterocycles. The molecule has 0 aliphatic carbocycles. The molecule has 144 valence electrons. The van der Waals surface area contributed by atoms with Gasteiger partial charge in [-0.05, 0) is 24.3 Å². The number of hydrogen-bond donors (Lipinski definition) is 1. The van der Waals surface area contributed by atoms with E-state index in [4.69, 9.17) is 4.74 Å². The van der Waals surface area contributed by atoms with Crippen LogP contribution in [-0.2, 0) is 4.79 Å². The number of fused-ring (bicyclic) bond motifs is 2. The molecular formula is C21H20N2O5. The number of carbonyl (C=O) groups is 3. The fourth-order valence-corrected chi connectivity index (χ4v) is 3.81. The number of aliphatic hydroxyl groups excluding tert-OH is 1. The highest BCUT2D eigenvalue weighted by atomic mass is 16.5. The van der Waals surface area contributed by atoms with Crippen molar-refractivity contribution in [2.24, 2.45) is 0 Å². The van der Waals surface area contributed by atoms with Crippen molar-refractivity contribution in [2.45, 2.75) is 18.6 Å². The summed E-state index contributed by atoms with van der Waals surface area (Å²) in [4.78, 5) is 41.8. The van der Waals surface area contributed by atoms with Gasteiger partial charge in [0.25, 0.3) is 5.91 Å². The zero-order chi connectivity index (χ0) is 19.8. The zero-order valence-corrected chi connectivity index (χ0v) is 15.4. The van der Waals surface area contributed by atoms with Crippen LogP contribution in [0.25, 0.3) is 0 Å². The van der Waals surface area contributed by atoms with Crippen LogP contribution in [-0.4, -0.2) is 59.9 Å². The first-order valence-corrected chi connectivity index (χ1v) is 9.06. The number of amides is 2. The number of carbonyl (C=O) groups excluding carboxylic acids is 3. The lowest BCUT2D eigenvalue weighted by Crippen LogP contribution is -2.46. The Morgan fingerprint density at radius 1 is 1.18 bits per heavy atom. The molecule has 7 nitrogen and oxygen atoms in total. The number of benzene rings is 2. The van der Waals surface area contributed by atoms with E-state index in [9.17, 15) is 19.5 Å². The number of ether oxygens (including phenoxy) is 1. The van der Waals surface area contributed by atoms with Gasteiger partial charge < -0.3 is 19.6 Å². The van der Waals surface area contributed by atoms with Crippen LogP contribution < -0.4 is 9.64 Å². The summed E-state index contributed by atoms with van der Waals surface area (Å²) in [5.74, 6) is -0.372. The molecule has 7 heteroatoms. The zero-order valence-electron chi connectivity index (χ0n) is 15.4. The normalized spacial score (nSPS) is 21.2. The molecule has 0 radical (unpaired) electrons. The Labute approximate surface area is 162 Å². The molecule has 2 aliphatic rings. The summed E-state index contributed by atoms with van der Waals surface area (Å²) in [6.07, 6.45) is -0.582. The number of Topliss-reactive ketones (excluding diaryl/α,β-unsaturated/α-hetero) is 1. The number of rotatable bonds is 4. The molecule has 2 heterocycles. The van der Waals surface area contributed by atoms with E-state index in [1.165, 1.54) is 16.9 Å². The number of para-hydroxylation sites is 1. The Hall–Kier alpha value is -3.19. The van der Waals surface area contributed by atoms with E-state index < -0.39 is 12.1 Å². The van der Waals surface area contributed by atoms with Gasteiger partial charge in [-0.15, -0.1) is 0 Å². The molecule has 2 aromatic rings. The second kappa shape index (κ2) is 7.09. The van der Waals surface area contributed by atoms with E-state index in [1.54, 1.807) is 48.5 Å². The van der Waals surface area contributed by atoms with E-state index in [0.29, 0.717) is 22.6 Å². The summed E-state index contributed by atoms with van der Waals surface area (Å²) >= 11 is 0. The minimum atomic E-state index is -0.770. The minimum absolute atomic E-state index is 0.112. The molecule has 2 aromatic carbocycles. The van der Waals surface area contributed by atoms with E-state index in [2.05, 4.69) is 0 Å². The number of aliphatic hydroxyl groups is 1. The average molecular weight is 380 g/mol. The standard InChI is InChI=1S/C21H20N2O5/c1-28-15-6-4-5-13(9-15)19(25)12-23-17-8-3-2-7-16(17)20(26)22-11-14(24)10-18(22)21(23)27/h2-9,14,18,24H,10-12H2,1H3. The van der Waals surface area contributed by atoms with Gasteiger partial charge >= 0.3 is 0 Å². The molecule has 2 aliphatic heterocycles. The van der Waals surface area contributed by atoms with Crippen molar-refractivity contribution in [3.8, 4) is 5.75 Å². The Bertz CT molecular complexity index is 957. The number of nitrogens with zero attached hydrogens (tertiary/aromatic N) is 2. The molecule has 0 aromatic heterocycles. The topological polar surface area (TPSA) is 87.2 Å². The lowest BCUT2D eigenvalue weighted by atomic mass is 10.1. The molecule has 0 saturated carbocycles. The quantitative estimate of drug-likeness (QED) is 0.813. The smallest absolute Gasteiger partial charge is 0.256 e. The lowest BCUT2D eigenvalue weighted by molar-refractivity contribution is -0.122. The van der Waals surface area contributed by atoms with Crippen LogP contribution in [0, 0.1) is 0 Å². The first-order chi connectivity index (χ1) is 13.5. The van der Waals surface area contributed by atoms with Gasteiger partial charge in [0, 0.05) is 18.5 Å². The third-order valence-electron chi connectivity index (χ3n) is 5.21. The van der Waals surface area contributed by atoms with Crippen molar-refractivity contribution >= 4 is 23.3 Å². The first-order valence-electron chi connectivity index (χ1n) is 9.06. The minimum Gasteiger partial charge on any atom is -0.497 e. The molecule has 2 amide bonds. The van der Waals surface area contributed by atoms with Gasteiger partial charge in [-0.2, -0.15) is 0 Å². The van der Waals surface area contributed by atoms with Crippen molar-refractivity contribution in [1.29, 1.82) is 0 Å². The van der Waals surface area contributed by atoms with E-state index in [0.717, 1.165) is 0 Å². The summed E-state index contributed by atoms with van der Waals surface area (Å²) in [7, 11) is 1.52. The first kappa shape index (κ1) is 18.2. The summed E-state index contributed by atoms with van der Waals surface area (Å²) < 4.78 is 5.16. The maximum absolute atomic E-state index is 13.2. The van der Waals surface area contributed by atoms with Gasteiger partial charge in [-0.3, -0.25) is 14.4 Å². The van der Waals surface area contributed by atoms with Crippen molar-refractivity contribution in [3.63, 3.8) is 0 Å². The van der Waals surface area contributed by atoms with Crippen LogP contribution in [0.15, 0.2) is 48.5 Å². The largest absolute Gasteiger partial charge is 0.497 e. The van der Waals surface area contributed by atoms with Crippen LogP contribution in [0.5, 0.6) is 5.75 Å². The highest BCUT2D eigenvalue weighted by molar-refractivity contribution is 6.14. The van der Waals surface area contributed by atoms with Crippen LogP contribution >= 0.6 is 0 Å². The molecule has 2 unspecified atom stereocenters. The Balaban J connectivity index is 1.72. The fraction of sp³-hybridized carbons (Fsp3) is 0.286. The van der Waals surface area contributed by atoms with Gasteiger partial charge in [0.1, 0.15) is 11.8 Å². The predicted octanol–water partition coefficient (Wildman–Crippen LogP) is 1.50. The second-order valence-corrected chi connectivity index (χ2v) is 6.96. The number of hydrogen-bond acceptors (Lipinski definition) is 5. The van der Waals surface area contributed by atoms with Crippen LogP contribution in [0.4, 0.5) is 5.69 Å². The van der Waals surface area contributed by atoms with Crippen molar-refractivity contribution < 1.29 is 24.2 Å². The summed E-state index contributed by atoms with van der Waals surface area (Å²) in [6, 6.07) is 12.7. The maximum atomic E-state index is 13.2. The van der Waals surface area contributed by atoms with Gasteiger partial charge in [-0.1, -0.05) is 24.3 Å². The maximum Gasteiger partial charge on any atom is 0.256 e. The number of methoxy groups -OCH3 is 1. The summed E-state index contributed by atoms with van der Waals surface area (Å²) in [5, 5.41) is 9.99. The van der Waals surface area contributed by atoms with Gasteiger partial charge in [0.2, 0.25) is 5.91 Å². The Morgan fingerprint density at radius 3 is 2.75 bits per heavy atom. The Morgan fingerprint density at radius 2 is 1.96 bits per heavy atom. The molecule has 2 atom stereocenters. The summed E-state index contributed by atoms with van der Waals surface area (Å²) in [5.41, 5.74) is 1.19. The number of ketones is 1. The third-order valence-corrected chi connectivity index (χ3v) is 5.21. The van der Waals surface area contributed by atoms with Gasteiger partial charge in [-0.25, -0.2) is 0 Å². The van der Waals surface area contributed by atoms with Crippen molar-refractivity contribution in [1.82, 2.24) is 4.90 Å². The number of anilines is 1. The predicted molar refractivity (Wildman–Crippen MR) is 102 cm³/mol. The SMILES string of the molecule is COc1cccc(C(=O)CN2C(=O)C3CC(O)CN3C(=O)c3ccccc32)c1. The molecule has 28 heavy (non-hydrogen) atoms. The molecular weight excluding hydrogens is 360 g/mol. The van der Waals surface area contributed by atoms with E-state index in [1.807, 2.05) is 0 Å². The summed E-state index contributed by atoms with van der Waals surface area (Å²) in [6.45, 7) is -0.0853. The Kier molecular flexibility index (Phi) is 4.60. The second-order valence-electron chi connectivity index (χ2n) is 6.96. The molecule has 0 bridgehead atoms. The highest BCUT2D eigenvalue weighted by Crippen LogP contribution is 2.32. The molecule has 1 fully saturated rings. The van der Waals surface area contributed by atoms with Crippen LogP contribution in [0.2, 0.25) is 0 Å². The van der Waals surface area contributed by atoms with E-state index >= 15 is 0 Å². The van der Waals surface area contributed by atoms with E-state index in [-0.39, 0.29) is 37.1 Å². The molecule has 0 spiro atoms. The average Bonchev–Trinajstić information content (AvgIpc) is 3.09. The van der Waals surface area contributed by atoms with Crippen LogP contribution in [0.3, 0.4) is 0 Å². The molecule has 1 N–H and O–H groups in total. The third kappa shape index (κ3) is 3.03. The van der Waals surface area contributed by atoms with Gasteiger partial charge in [0.15, 0.2) is 5.78 Å². The lowest BCUT2D eigenvalue weighted by Gasteiger charge is -2.25. The van der Waals surface area contributed by atoms with Gasteiger partial charge in [0.05, 0.1) is 31.0 Å². The highest BCUT2D eigenvalue weighted by Gasteiger charge is 2.45. The van der Waals surface area contributed by atoms with Crippen molar-refractivity contribution in [3.05, 3.63) is 59.7 Å². The monoisotopic (exact) mass is 380 g/mol. The van der Waals surface area contributed by atoms with Crippen molar-refractivity contribution in [2.75, 3.05) is 25.1 Å². The molecule has 4 rings (SSSR count).